The molecule has 0 saturated carbocycles. The monoisotopic (exact) mass is 1370 g/mol. The highest BCUT2D eigenvalue weighted by molar-refractivity contribution is 6.82. The number of rotatable bonds is 35. The molecule has 2 atom stereocenters. The number of hydrogen-bond acceptors (Lipinski definition) is 22. The number of hydrogen-bond donors (Lipinski definition) is 6. The second-order valence-electron chi connectivity index (χ2n) is 21.6. The standard InChI is InChI=1S/C32H57N9O10Si3.C22H40N6O7Si2/c1-24-20-27(4)39(36-24)30(43)33-14-11-17-52(23-42,46-7)50-54(49-10,19-13-16-35-32(45)41-29(6)22-26(3)38-41)51-53(47-8,48-9)18-12-15-34-31(44)40-28(5)21-25(2)37-40;1-17-15-19(3)27(25-17)21(29)23-11-9-13-36(31-5,32-6)35-37(33-7,34-8)14-10-12-24-22(30)28-20(4)16-18(2)26-28/h20-22,42H,11-19,23H2,1-10H3,(H,33,43)(H,34,44)(H,35,45);15-16H,9-14H2,1-8H3,(H,23,29)(H,24,30). The summed E-state index contributed by atoms with van der Waals surface area (Å²) in [6.07, 6.45) is 1.86. The van der Waals surface area contributed by atoms with Crippen molar-refractivity contribution in [3.8, 4) is 0 Å². The summed E-state index contributed by atoms with van der Waals surface area (Å²) in [7, 11) is -5.25. The molecule has 91 heavy (non-hydrogen) atoms. The second kappa shape index (κ2) is 36.5. The van der Waals surface area contributed by atoms with Crippen molar-refractivity contribution in [2.24, 2.45) is 0 Å². The predicted molar refractivity (Wildman–Crippen MR) is 345 cm³/mol. The van der Waals surface area contributed by atoms with Crippen LogP contribution in [0.2, 0.25) is 30.2 Å². The van der Waals surface area contributed by atoms with Crippen molar-refractivity contribution in [3.05, 3.63) is 87.3 Å². The van der Waals surface area contributed by atoms with E-state index >= 15 is 0 Å². The molecule has 5 rings (SSSR count). The number of nitrogens with one attached hydrogen (secondary N) is 5. The van der Waals surface area contributed by atoms with Crippen molar-refractivity contribution in [2.45, 2.75) is 132 Å². The smallest absolute Gasteiger partial charge is 0.397 e. The average Bonchev–Trinajstić information content (AvgIpc) is 1.83. The molecule has 0 radical (unpaired) electrons. The Kier molecular flexibility index (Phi) is 31.0. The molecule has 32 nitrogen and oxygen atoms in total. The maximum atomic E-state index is 12.9. The van der Waals surface area contributed by atoms with E-state index in [1.807, 2.05) is 78.8 Å². The summed E-state index contributed by atoms with van der Waals surface area (Å²) >= 11 is 0. The first-order valence-electron chi connectivity index (χ1n) is 29.8. The first-order valence-corrected chi connectivity index (χ1v) is 39.8. The van der Waals surface area contributed by atoms with E-state index < -0.39 is 50.0 Å². The minimum absolute atomic E-state index is 0.198. The topological polar surface area (TPSA) is 356 Å². The molecule has 510 valence electrons. The predicted octanol–water partition coefficient (Wildman–Crippen LogP) is 5.23. The van der Waals surface area contributed by atoms with Crippen LogP contribution in [0.4, 0.5) is 24.0 Å². The maximum absolute atomic E-state index is 12.9. The summed E-state index contributed by atoms with van der Waals surface area (Å²) in [4.78, 5) is 63.2. The van der Waals surface area contributed by atoms with Crippen LogP contribution in [0.15, 0.2) is 30.3 Å². The maximum Gasteiger partial charge on any atom is 0.493 e. The minimum atomic E-state index is -3.85. The minimum Gasteiger partial charge on any atom is -0.397 e. The summed E-state index contributed by atoms with van der Waals surface area (Å²) in [6.45, 7) is 19.7. The van der Waals surface area contributed by atoms with E-state index in [-0.39, 0.29) is 67.9 Å². The molecule has 0 spiro atoms. The third-order valence-corrected chi connectivity index (χ3v) is 32.8. The summed E-state index contributed by atoms with van der Waals surface area (Å²) in [5.41, 5.74) is 7.37. The summed E-state index contributed by atoms with van der Waals surface area (Å²) in [5, 5.41) is 46.2. The molecule has 6 N–H and O–H groups in total. The average molecular weight is 1370 g/mol. The molecular formula is C54H97N15O17Si5. The van der Waals surface area contributed by atoms with Crippen LogP contribution < -0.4 is 26.6 Å². The van der Waals surface area contributed by atoms with E-state index in [2.05, 4.69) is 52.1 Å². The van der Waals surface area contributed by atoms with E-state index in [4.69, 9.17) is 47.8 Å². The first kappa shape index (κ1) is 77.5. The molecule has 0 fully saturated rings. The van der Waals surface area contributed by atoms with Gasteiger partial charge >= 0.3 is 73.9 Å². The lowest BCUT2D eigenvalue weighted by Gasteiger charge is -2.41. The number of aromatic nitrogens is 10. The lowest BCUT2D eigenvalue weighted by molar-refractivity contribution is 0.0855. The molecule has 5 aromatic heterocycles. The quantitative estimate of drug-likeness (QED) is 0.0223. The lowest BCUT2D eigenvalue weighted by atomic mass is 10.4. The van der Waals surface area contributed by atoms with Crippen LogP contribution in [-0.2, 0) is 47.8 Å². The Morgan fingerprint density at radius 1 is 0.341 bits per heavy atom. The number of amides is 5. The van der Waals surface area contributed by atoms with E-state index in [0.717, 1.165) is 39.9 Å². The number of nitrogens with zero attached hydrogens (tertiary/aromatic N) is 10. The fourth-order valence-corrected chi connectivity index (χ4v) is 27.7. The van der Waals surface area contributed by atoms with Crippen molar-refractivity contribution in [2.75, 3.05) is 95.8 Å². The van der Waals surface area contributed by atoms with Gasteiger partial charge in [-0.05, 0) is 138 Å². The van der Waals surface area contributed by atoms with Gasteiger partial charge in [-0.1, -0.05) is 0 Å². The molecule has 0 aliphatic heterocycles. The van der Waals surface area contributed by atoms with Gasteiger partial charge in [-0.15, -0.1) is 0 Å². The van der Waals surface area contributed by atoms with Gasteiger partial charge in [0.15, 0.2) is 0 Å². The number of aryl methyl sites for hydroxylation is 10. The Morgan fingerprint density at radius 2 is 0.549 bits per heavy atom. The van der Waals surface area contributed by atoms with Crippen molar-refractivity contribution in [3.63, 3.8) is 0 Å². The van der Waals surface area contributed by atoms with Crippen LogP contribution in [0.5, 0.6) is 0 Å². The third-order valence-electron chi connectivity index (χ3n) is 14.5. The van der Waals surface area contributed by atoms with Gasteiger partial charge in [0.1, 0.15) is 0 Å². The van der Waals surface area contributed by atoms with Crippen LogP contribution in [0.1, 0.15) is 89.0 Å². The van der Waals surface area contributed by atoms with Gasteiger partial charge < -0.3 is 79.4 Å². The Morgan fingerprint density at radius 3 is 0.736 bits per heavy atom. The van der Waals surface area contributed by atoms with Crippen molar-refractivity contribution in [1.29, 1.82) is 0 Å². The number of aliphatic hydroxyl groups excluding tert-OH is 1. The SMILES string of the molecule is CO[Si](CCCNC(=O)n1nc(C)cc1C)(OC)O[Si](CCCNC(=O)n1nc(C)cc1C)(OC)OC.CO[Si](CO)(CCCNC(=O)n1nc(C)cc1C)O[Si](CCCNC(=O)n1nc(C)cc1C)(OC)O[Si](CCCNC(=O)n1nc(C)cc1C)(OC)OC. The molecule has 37 heteroatoms. The second-order valence-corrected chi connectivity index (χ2v) is 37.4. The van der Waals surface area contributed by atoms with Crippen molar-refractivity contribution >= 4 is 73.9 Å². The van der Waals surface area contributed by atoms with Crippen LogP contribution in [0.3, 0.4) is 0 Å². The highest BCUT2D eigenvalue weighted by Crippen LogP contribution is 2.32. The van der Waals surface area contributed by atoms with E-state index in [0.29, 0.717) is 74.4 Å². The van der Waals surface area contributed by atoms with Gasteiger partial charge in [-0.3, -0.25) is 0 Å². The zero-order valence-corrected chi connectivity index (χ0v) is 61.2. The largest absolute Gasteiger partial charge is 0.493 e. The molecule has 0 aromatic carbocycles. The van der Waals surface area contributed by atoms with E-state index in [1.165, 1.54) is 80.3 Å². The van der Waals surface area contributed by atoms with Gasteiger partial charge in [0.05, 0.1) is 34.7 Å². The van der Waals surface area contributed by atoms with Gasteiger partial charge in [-0.25, -0.2) is 24.0 Å². The molecule has 5 aromatic rings. The van der Waals surface area contributed by atoms with Gasteiger partial charge in [0.2, 0.25) is 0 Å². The zero-order chi connectivity index (χ0) is 67.7. The van der Waals surface area contributed by atoms with Gasteiger partial charge in [0, 0.05) is 142 Å². The Balaban J connectivity index is 0.000000417. The Labute approximate surface area is 538 Å². The fraction of sp³-hybridized carbons (Fsp3) is 0.630. The third kappa shape index (κ3) is 22.3. The first-order chi connectivity index (χ1) is 43.1. The molecule has 0 bridgehead atoms. The molecule has 5 heterocycles. The summed E-state index contributed by atoms with van der Waals surface area (Å²) in [6, 6.07) is 9.04. The highest BCUT2D eigenvalue weighted by Gasteiger charge is 2.57. The van der Waals surface area contributed by atoms with Crippen LogP contribution in [0.25, 0.3) is 0 Å². The number of carbonyl (C=O) groups is 5. The Hall–Kier alpha value is -6.00. The van der Waals surface area contributed by atoms with Crippen LogP contribution >= 0.6 is 0 Å². The normalized spacial score (nSPS) is 13.3. The highest BCUT2D eigenvalue weighted by atomic mass is 28.5. The van der Waals surface area contributed by atoms with Crippen LogP contribution in [-0.4, -0.2) is 224 Å². The lowest BCUT2D eigenvalue weighted by Crippen LogP contribution is -2.64. The summed E-state index contributed by atoms with van der Waals surface area (Å²) in [5.74, 6) is 0. The van der Waals surface area contributed by atoms with Crippen molar-refractivity contribution < 1.29 is 76.8 Å². The van der Waals surface area contributed by atoms with E-state index in [1.54, 1.807) is 20.8 Å². The van der Waals surface area contributed by atoms with Crippen molar-refractivity contribution in [1.82, 2.24) is 75.5 Å². The van der Waals surface area contributed by atoms with Gasteiger partial charge in [-0.2, -0.15) is 48.9 Å². The fourth-order valence-electron chi connectivity index (χ4n) is 9.80. The molecule has 2 unspecified atom stereocenters. The van der Waals surface area contributed by atoms with Crippen LogP contribution in [0, 0.1) is 69.2 Å². The molecule has 0 aliphatic carbocycles. The van der Waals surface area contributed by atoms with Gasteiger partial charge in [0.25, 0.3) is 0 Å². The molecule has 0 aliphatic rings. The Bertz CT molecular complexity index is 2960. The number of carbonyl (C=O) groups excluding carboxylic acids is 5. The summed E-state index contributed by atoms with van der Waals surface area (Å²) < 4.78 is 73.4. The molecule has 5 amide bonds. The zero-order valence-electron chi connectivity index (χ0n) is 56.2. The number of aliphatic hydroxyl groups is 1. The van der Waals surface area contributed by atoms with E-state index in [9.17, 15) is 29.1 Å². The molecule has 0 saturated heterocycles. The molecular weight excluding hydrogens is 1270 g/mol.